The van der Waals surface area contributed by atoms with E-state index in [4.69, 9.17) is 39.4 Å². The number of pyridine rings is 2. The number of hydrogen-bond acceptors (Lipinski definition) is 9. The molecule has 0 saturated carbocycles. The number of hydrogen-bond donors (Lipinski definition) is 4. The van der Waals surface area contributed by atoms with Crippen molar-refractivity contribution >= 4 is 57.9 Å². The molecule has 0 radical (unpaired) electrons. The topological polar surface area (TPSA) is 161 Å². The van der Waals surface area contributed by atoms with Crippen LogP contribution in [-0.2, 0) is 4.74 Å². The number of methoxy groups -OCH3 is 1. The third-order valence-corrected chi connectivity index (χ3v) is 10.9. The Morgan fingerprint density at radius 1 is 0.774 bits per heavy atom. The maximum Gasteiger partial charge on any atom is 0.255 e. The monoisotopic (exact) mass is 770 g/mol. The lowest BCUT2D eigenvalue weighted by Gasteiger charge is -2.31. The molecule has 13 nitrogen and oxygen atoms in total. The molecule has 4 aromatic heterocycles. The summed E-state index contributed by atoms with van der Waals surface area (Å²) >= 11 is 12.4. The van der Waals surface area contributed by atoms with Crippen LogP contribution in [0.15, 0.2) is 24.5 Å². The number of anilines is 2. The molecule has 2 aliphatic rings. The van der Waals surface area contributed by atoms with Gasteiger partial charge in [0.25, 0.3) is 11.8 Å². The van der Waals surface area contributed by atoms with Crippen molar-refractivity contribution in [3.8, 4) is 0 Å². The Labute approximate surface area is 322 Å². The average molecular weight is 772 g/mol. The number of unbranched alkanes of at least 4 members (excludes halogenated alkanes) is 1. The third-order valence-electron chi connectivity index (χ3n) is 10.3. The molecule has 53 heavy (non-hydrogen) atoms. The molecule has 0 aliphatic carbocycles. The van der Waals surface area contributed by atoms with Gasteiger partial charge in [0, 0.05) is 45.7 Å². The summed E-state index contributed by atoms with van der Waals surface area (Å²) in [5.41, 5.74) is 15.6. The van der Waals surface area contributed by atoms with Crippen LogP contribution in [0.3, 0.4) is 0 Å². The van der Waals surface area contributed by atoms with Crippen molar-refractivity contribution in [2.45, 2.75) is 65.7 Å². The summed E-state index contributed by atoms with van der Waals surface area (Å²) in [7, 11) is 1.74. The van der Waals surface area contributed by atoms with Gasteiger partial charge in [0.2, 0.25) is 0 Å². The number of piperidine rings is 2. The third kappa shape index (κ3) is 10.5. The minimum absolute atomic E-state index is 0.143. The number of aryl methyl sites for hydroxylation is 2. The van der Waals surface area contributed by atoms with Crippen molar-refractivity contribution in [1.82, 2.24) is 39.2 Å². The highest BCUT2D eigenvalue weighted by molar-refractivity contribution is 6.33. The normalized spacial score (nSPS) is 16.2. The van der Waals surface area contributed by atoms with E-state index in [2.05, 4.69) is 37.3 Å². The van der Waals surface area contributed by atoms with Gasteiger partial charge in [-0.25, -0.2) is 9.97 Å². The predicted octanol–water partition coefficient (Wildman–Crippen LogP) is 5.48. The Balaban J connectivity index is 0.000000204. The zero-order chi connectivity index (χ0) is 38.1. The number of rotatable bonds is 13. The van der Waals surface area contributed by atoms with E-state index in [-0.39, 0.29) is 11.8 Å². The number of ether oxygens (including phenoxy) is 1. The molecule has 6 N–H and O–H groups in total. The van der Waals surface area contributed by atoms with Crippen LogP contribution < -0.4 is 22.1 Å². The quantitative estimate of drug-likeness (QED) is 0.129. The minimum Gasteiger partial charge on any atom is -0.385 e. The van der Waals surface area contributed by atoms with E-state index in [1.54, 1.807) is 40.4 Å². The maximum absolute atomic E-state index is 12.7. The summed E-state index contributed by atoms with van der Waals surface area (Å²) < 4.78 is 8.46. The molecule has 6 heterocycles. The van der Waals surface area contributed by atoms with E-state index in [0.717, 1.165) is 82.8 Å². The Morgan fingerprint density at radius 2 is 1.19 bits per heavy atom. The molecule has 0 bridgehead atoms. The van der Waals surface area contributed by atoms with Crippen LogP contribution in [0.2, 0.25) is 10.0 Å². The number of amides is 2. The molecule has 15 heteroatoms. The SMILES string of the molecule is CCCCN1CCC(CNC(=O)c2cc(Cl)c(N)n3cc(C)nc23)CC1.COCCCN1CCC(CNC(=O)c2cc(Cl)c(N)n3cc(C)nc23)CC1. The number of nitrogens with one attached hydrogen (secondary N) is 2. The lowest BCUT2D eigenvalue weighted by atomic mass is 9.96. The molecule has 2 fully saturated rings. The van der Waals surface area contributed by atoms with Gasteiger partial charge in [0.15, 0.2) is 11.3 Å². The van der Waals surface area contributed by atoms with Gasteiger partial charge < -0.3 is 36.6 Å². The molecule has 4 aromatic rings. The van der Waals surface area contributed by atoms with E-state index >= 15 is 0 Å². The number of imidazole rings is 2. The van der Waals surface area contributed by atoms with Crippen molar-refractivity contribution in [3.05, 3.63) is 57.1 Å². The molecular formula is C38H56Cl2N10O3. The second-order valence-electron chi connectivity index (χ2n) is 14.4. The van der Waals surface area contributed by atoms with Crippen LogP contribution in [-0.4, -0.2) is 106 Å². The van der Waals surface area contributed by atoms with Crippen molar-refractivity contribution in [2.24, 2.45) is 11.8 Å². The van der Waals surface area contributed by atoms with Gasteiger partial charge in [0.1, 0.15) is 11.6 Å². The zero-order valence-corrected chi connectivity index (χ0v) is 33.1. The number of carbonyl (C=O) groups is 2. The average Bonchev–Trinajstić information content (AvgIpc) is 3.75. The number of aromatic nitrogens is 4. The number of nitrogens with two attached hydrogens (primary N) is 2. The first-order valence-corrected chi connectivity index (χ1v) is 19.6. The zero-order valence-electron chi connectivity index (χ0n) is 31.6. The predicted molar refractivity (Wildman–Crippen MR) is 213 cm³/mol. The van der Waals surface area contributed by atoms with Crippen LogP contribution in [0, 0.1) is 25.7 Å². The van der Waals surface area contributed by atoms with Crippen LogP contribution in [0.5, 0.6) is 0 Å². The molecule has 2 saturated heterocycles. The Morgan fingerprint density at radius 3 is 1.58 bits per heavy atom. The lowest BCUT2D eigenvalue weighted by Crippen LogP contribution is -2.39. The fourth-order valence-electron chi connectivity index (χ4n) is 7.14. The summed E-state index contributed by atoms with van der Waals surface area (Å²) in [6, 6.07) is 3.22. The van der Waals surface area contributed by atoms with Crippen LogP contribution in [0.25, 0.3) is 11.3 Å². The summed E-state index contributed by atoms with van der Waals surface area (Å²) in [6.07, 6.45) is 11.6. The number of nitrogen functional groups attached to an aromatic ring is 2. The second-order valence-corrected chi connectivity index (χ2v) is 15.2. The summed E-state index contributed by atoms with van der Waals surface area (Å²) in [5.74, 6) is 1.52. The number of likely N-dealkylation sites (tertiary alicyclic amines) is 2. The fourth-order valence-corrected chi connectivity index (χ4v) is 7.54. The lowest BCUT2D eigenvalue weighted by molar-refractivity contribution is 0.0928. The van der Waals surface area contributed by atoms with Crippen molar-refractivity contribution in [3.63, 3.8) is 0 Å². The Hall–Kier alpha value is -3.62. The van der Waals surface area contributed by atoms with Crippen molar-refractivity contribution < 1.29 is 14.3 Å². The van der Waals surface area contributed by atoms with Gasteiger partial charge in [0.05, 0.1) is 32.6 Å². The first-order chi connectivity index (χ1) is 25.5. The molecular weight excluding hydrogens is 715 g/mol. The molecule has 0 unspecified atom stereocenters. The summed E-state index contributed by atoms with van der Waals surface area (Å²) in [6.45, 7) is 14.8. The van der Waals surface area contributed by atoms with E-state index in [1.165, 1.54) is 19.4 Å². The second kappa shape index (κ2) is 19.1. The fraction of sp³-hybridized carbons (Fsp3) is 0.579. The van der Waals surface area contributed by atoms with Crippen molar-refractivity contribution in [2.75, 3.05) is 77.5 Å². The highest BCUT2D eigenvalue weighted by Crippen LogP contribution is 2.26. The van der Waals surface area contributed by atoms with Gasteiger partial charge in [-0.05, 0) is 109 Å². The van der Waals surface area contributed by atoms with E-state index in [0.29, 0.717) is 69.0 Å². The molecule has 6 rings (SSSR count). The highest BCUT2D eigenvalue weighted by Gasteiger charge is 2.23. The van der Waals surface area contributed by atoms with E-state index in [9.17, 15) is 9.59 Å². The van der Waals surface area contributed by atoms with Crippen LogP contribution >= 0.6 is 23.2 Å². The first kappa shape index (κ1) is 40.6. The van der Waals surface area contributed by atoms with Crippen molar-refractivity contribution in [1.29, 1.82) is 0 Å². The Bertz CT molecular complexity index is 1850. The van der Waals surface area contributed by atoms with Gasteiger partial charge in [-0.1, -0.05) is 36.5 Å². The molecule has 0 atom stereocenters. The number of carbonyl (C=O) groups excluding carboxylic acids is 2. The smallest absolute Gasteiger partial charge is 0.255 e. The molecule has 0 aromatic carbocycles. The maximum atomic E-state index is 12.7. The molecule has 0 spiro atoms. The van der Waals surface area contributed by atoms with Gasteiger partial charge in [-0.2, -0.15) is 0 Å². The van der Waals surface area contributed by atoms with Gasteiger partial charge >= 0.3 is 0 Å². The molecule has 2 aliphatic heterocycles. The van der Waals surface area contributed by atoms with Crippen LogP contribution in [0.4, 0.5) is 11.6 Å². The summed E-state index contributed by atoms with van der Waals surface area (Å²) in [5, 5.41) is 6.84. The number of halogens is 2. The number of fused-ring (bicyclic) bond motifs is 2. The Kier molecular flexibility index (Phi) is 14.6. The minimum atomic E-state index is -0.157. The van der Waals surface area contributed by atoms with Gasteiger partial charge in [-0.3, -0.25) is 18.4 Å². The van der Waals surface area contributed by atoms with Crippen LogP contribution in [0.1, 0.15) is 84.0 Å². The summed E-state index contributed by atoms with van der Waals surface area (Å²) in [4.78, 5) is 39.3. The molecule has 290 valence electrons. The first-order valence-electron chi connectivity index (χ1n) is 18.9. The van der Waals surface area contributed by atoms with E-state index in [1.807, 2.05) is 13.8 Å². The molecule has 2 amide bonds. The number of nitrogens with zero attached hydrogens (tertiary/aromatic N) is 6. The van der Waals surface area contributed by atoms with Gasteiger partial charge in [-0.15, -0.1) is 0 Å². The van der Waals surface area contributed by atoms with E-state index < -0.39 is 0 Å². The largest absolute Gasteiger partial charge is 0.385 e. The standard InChI is InChI=1S/C19H28ClN5O2.C19H28ClN5O/c1-13-12-25-17(21)16(20)10-15(18(25)23-13)19(26)22-11-14-4-7-24(8-5-14)6-3-9-27-2;1-3-4-7-24-8-5-14(6-9-24)11-22-19(26)15-10-16(20)17(21)25-12-13(2)23-18(15)25/h10,12,14H,3-9,11,21H2,1-2H3,(H,22,26);10,12,14H,3-9,11,21H2,1-2H3,(H,22,26). The highest BCUT2D eigenvalue weighted by atomic mass is 35.5.